The molecule has 0 aliphatic rings. The van der Waals surface area contributed by atoms with E-state index in [0.717, 1.165) is 12.2 Å². The quantitative estimate of drug-likeness (QED) is 0.465. The number of benzene rings is 2. The second kappa shape index (κ2) is 8.49. The lowest BCUT2D eigenvalue weighted by atomic mass is 10.0. The molecule has 21 heavy (non-hydrogen) atoms. The fourth-order valence-corrected chi connectivity index (χ4v) is 3.38. The molecule has 0 fully saturated rings. The summed E-state index contributed by atoms with van der Waals surface area (Å²) in [5, 5.41) is 8.76. The highest BCUT2D eigenvalue weighted by Gasteiger charge is 2.14. The van der Waals surface area contributed by atoms with Gasteiger partial charge in [-0.2, -0.15) is 0 Å². The summed E-state index contributed by atoms with van der Waals surface area (Å²) in [5.74, 6) is 0.536. The second-order valence-corrected chi connectivity index (χ2v) is 5.92. The first-order valence-electron chi connectivity index (χ1n) is 6.95. The summed E-state index contributed by atoms with van der Waals surface area (Å²) in [6, 6.07) is 20.7. The van der Waals surface area contributed by atoms with Crippen molar-refractivity contribution in [2.24, 2.45) is 0 Å². The van der Waals surface area contributed by atoms with Crippen LogP contribution in [0.15, 0.2) is 60.7 Å². The highest BCUT2D eigenvalue weighted by molar-refractivity contribution is 7.99. The van der Waals surface area contributed by atoms with Crippen LogP contribution in [0.25, 0.3) is 0 Å². The highest BCUT2D eigenvalue weighted by atomic mass is 32.2. The summed E-state index contributed by atoms with van der Waals surface area (Å²) in [4.78, 5) is 11.0. The Hall–Kier alpha value is -1.78. The van der Waals surface area contributed by atoms with Crippen molar-refractivity contribution in [2.45, 2.75) is 18.1 Å². The number of carbonyl (C=O) groups excluding carboxylic acids is 1. The molecule has 2 aromatic carbocycles. The molecule has 0 saturated heterocycles. The molecule has 2 rings (SSSR count). The number of amides is 1. The molecule has 0 saturated carbocycles. The molecule has 2 N–H and O–H groups in total. The van der Waals surface area contributed by atoms with Gasteiger partial charge >= 0.3 is 0 Å². The predicted molar refractivity (Wildman–Crippen MR) is 86.3 cm³/mol. The van der Waals surface area contributed by atoms with Gasteiger partial charge in [0.2, 0.25) is 5.91 Å². The van der Waals surface area contributed by atoms with Crippen molar-refractivity contribution in [2.75, 3.05) is 5.75 Å². The van der Waals surface area contributed by atoms with Crippen LogP contribution in [0.1, 0.15) is 29.2 Å². The smallest absolute Gasteiger partial charge is 0.243 e. The van der Waals surface area contributed by atoms with Gasteiger partial charge in [0.25, 0.3) is 0 Å². The predicted octanol–water partition coefficient (Wildman–Crippen LogP) is 3.79. The average molecular weight is 301 g/mol. The Morgan fingerprint density at radius 3 is 2.00 bits per heavy atom. The zero-order valence-electron chi connectivity index (χ0n) is 11.7. The minimum atomic E-state index is -0.327. The van der Waals surface area contributed by atoms with Gasteiger partial charge in [0, 0.05) is 6.42 Å². The third-order valence-corrected chi connectivity index (χ3v) is 4.56. The van der Waals surface area contributed by atoms with Gasteiger partial charge in [-0.15, -0.1) is 11.8 Å². The van der Waals surface area contributed by atoms with Crippen LogP contribution in [0.2, 0.25) is 0 Å². The van der Waals surface area contributed by atoms with E-state index in [0.29, 0.717) is 6.42 Å². The van der Waals surface area contributed by atoms with Crippen LogP contribution in [0.3, 0.4) is 0 Å². The van der Waals surface area contributed by atoms with Gasteiger partial charge in [-0.3, -0.25) is 10.0 Å². The molecule has 1 amide bonds. The first-order valence-corrected chi connectivity index (χ1v) is 8.00. The van der Waals surface area contributed by atoms with Crippen molar-refractivity contribution in [3.8, 4) is 0 Å². The van der Waals surface area contributed by atoms with Crippen LogP contribution < -0.4 is 5.48 Å². The summed E-state index contributed by atoms with van der Waals surface area (Å²) < 4.78 is 0. The molecule has 0 radical (unpaired) electrons. The van der Waals surface area contributed by atoms with Crippen molar-refractivity contribution in [1.82, 2.24) is 5.48 Å². The fourth-order valence-electron chi connectivity index (χ4n) is 2.13. The van der Waals surface area contributed by atoms with E-state index in [9.17, 15) is 4.79 Å². The number of thioether (sulfide) groups is 1. The van der Waals surface area contributed by atoms with Crippen LogP contribution in [0, 0.1) is 0 Å². The zero-order chi connectivity index (χ0) is 14.9. The lowest BCUT2D eigenvalue weighted by Crippen LogP contribution is -2.18. The van der Waals surface area contributed by atoms with Gasteiger partial charge in [0.05, 0.1) is 5.25 Å². The Bertz CT molecular complexity index is 506. The van der Waals surface area contributed by atoms with E-state index in [2.05, 4.69) is 24.3 Å². The summed E-state index contributed by atoms with van der Waals surface area (Å²) in [6.07, 6.45) is 1.09. The number of nitrogens with one attached hydrogen (secondary N) is 1. The van der Waals surface area contributed by atoms with Gasteiger partial charge < -0.3 is 0 Å². The van der Waals surface area contributed by atoms with E-state index in [-0.39, 0.29) is 11.2 Å². The molecule has 0 bridgehead atoms. The Balaban J connectivity index is 2.02. The monoisotopic (exact) mass is 301 g/mol. The molecule has 0 aliphatic carbocycles. The molecule has 4 heteroatoms. The lowest BCUT2D eigenvalue weighted by Gasteiger charge is -2.17. The average Bonchev–Trinajstić information content (AvgIpc) is 2.56. The molecule has 0 spiro atoms. The van der Waals surface area contributed by atoms with Crippen LogP contribution in [0.4, 0.5) is 0 Å². The molecule has 2 aromatic rings. The number of hydrogen-bond acceptors (Lipinski definition) is 3. The Labute approximate surface area is 129 Å². The maximum absolute atomic E-state index is 11.0. The largest absolute Gasteiger partial charge is 0.289 e. The first kappa shape index (κ1) is 15.6. The summed E-state index contributed by atoms with van der Waals surface area (Å²) >= 11 is 1.82. The Kier molecular flexibility index (Phi) is 6.31. The third kappa shape index (κ3) is 4.92. The summed E-state index contributed by atoms with van der Waals surface area (Å²) in [6.45, 7) is 0. The third-order valence-electron chi connectivity index (χ3n) is 3.16. The topological polar surface area (TPSA) is 49.3 Å². The molecule has 110 valence electrons. The van der Waals surface area contributed by atoms with Gasteiger partial charge in [0.1, 0.15) is 0 Å². The molecule has 3 nitrogen and oxygen atoms in total. The van der Waals surface area contributed by atoms with Gasteiger partial charge in [-0.25, -0.2) is 5.48 Å². The van der Waals surface area contributed by atoms with Crippen molar-refractivity contribution in [3.05, 3.63) is 71.8 Å². The molecule has 0 atom stereocenters. The van der Waals surface area contributed by atoms with Crippen LogP contribution in [0.5, 0.6) is 0 Å². The van der Waals surface area contributed by atoms with Crippen molar-refractivity contribution in [1.29, 1.82) is 0 Å². The molecular weight excluding hydrogens is 282 g/mol. The van der Waals surface area contributed by atoms with Crippen LogP contribution >= 0.6 is 11.8 Å². The molecule has 0 unspecified atom stereocenters. The first-order chi connectivity index (χ1) is 10.3. The van der Waals surface area contributed by atoms with E-state index < -0.39 is 0 Å². The molecule has 0 heterocycles. The summed E-state index contributed by atoms with van der Waals surface area (Å²) in [7, 11) is 0. The maximum Gasteiger partial charge on any atom is 0.243 e. The minimum Gasteiger partial charge on any atom is -0.289 e. The van der Waals surface area contributed by atoms with Gasteiger partial charge in [-0.05, 0) is 23.3 Å². The Morgan fingerprint density at radius 2 is 1.52 bits per heavy atom. The van der Waals surface area contributed by atoms with Gasteiger partial charge in [0.15, 0.2) is 0 Å². The van der Waals surface area contributed by atoms with Crippen LogP contribution in [-0.4, -0.2) is 16.9 Å². The zero-order valence-corrected chi connectivity index (χ0v) is 12.6. The van der Waals surface area contributed by atoms with Gasteiger partial charge in [-0.1, -0.05) is 60.7 Å². The minimum absolute atomic E-state index is 0.268. The molecule has 0 aromatic heterocycles. The summed E-state index contributed by atoms with van der Waals surface area (Å²) in [5.41, 5.74) is 4.20. The van der Waals surface area contributed by atoms with E-state index in [1.807, 2.05) is 48.2 Å². The van der Waals surface area contributed by atoms with Crippen molar-refractivity contribution < 1.29 is 10.0 Å². The number of hydroxylamine groups is 1. The standard InChI is InChI=1S/C17H19NO2S/c19-16(18-20)12-7-13-21-17(14-8-3-1-4-9-14)15-10-5-2-6-11-15/h1-6,8-11,17,20H,7,12-13H2,(H,18,19). The van der Waals surface area contributed by atoms with E-state index in [1.165, 1.54) is 11.1 Å². The second-order valence-electron chi connectivity index (χ2n) is 4.71. The number of rotatable bonds is 7. The Morgan fingerprint density at radius 1 is 1.00 bits per heavy atom. The van der Waals surface area contributed by atoms with E-state index >= 15 is 0 Å². The van der Waals surface area contributed by atoms with Crippen LogP contribution in [-0.2, 0) is 4.79 Å². The maximum atomic E-state index is 11.0. The van der Waals surface area contributed by atoms with E-state index in [4.69, 9.17) is 5.21 Å². The number of hydrogen-bond donors (Lipinski definition) is 2. The molecule has 0 aliphatic heterocycles. The van der Waals surface area contributed by atoms with Crippen molar-refractivity contribution in [3.63, 3.8) is 0 Å². The SMILES string of the molecule is O=C(CCCSC(c1ccccc1)c1ccccc1)NO. The highest BCUT2D eigenvalue weighted by Crippen LogP contribution is 2.35. The fraction of sp³-hybridized carbons (Fsp3) is 0.235. The lowest BCUT2D eigenvalue weighted by molar-refractivity contribution is -0.129. The van der Waals surface area contributed by atoms with Crippen molar-refractivity contribution >= 4 is 17.7 Å². The van der Waals surface area contributed by atoms with E-state index in [1.54, 1.807) is 5.48 Å². The molecular formula is C17H19NO2S. The number of carbonyl (C=O) groups is 1. The normalized spacial score (nSPS) is 10.6.